The lowest BCUT2D eigenvalue weighted by Crippen LogP contribution is -2.48. The second-order valence-electron chi connectivity index (χ2n) is 8.98. The van der Waals surface area contributed by atoms with Crippen molar-refractivity contribution in [2.45, 2.75) is 6.92 Å². The van der Waals surface area contributed by atoms with Crippen LogP contribution in [0.4, 0.5) is 18.9 Å². The molecule has 0 aliphatic carbocycles. The Morgan fingerprint density at radius 1 is 0.846 bits per heavy atom. The zero-order valence-corrected chi connectivity index (χ0v) is 21.1. The monoisotopic (exact) mass is 534 g/mol. The first-order valence-electron chi connectivity index (χ1n) is 12.5. The van der Waals surface area contributed by atoms with Gasteiger partial charge in [0.05, 0.1) is 18.0 Å². The van der Waals surface area contributed by atoms with Crippen molar-refractivity contribution in [3.8, 4) is 16.9 Å². The predicted molar refractivity (Wildman–Crippen MR) is 139 cm³/mol. The molecule has 0 spiro atoms. The van der Waals surface area contributed by atoms with Gasteiger partial charge in [0, 0.05) is 43.0 Å². The summed E-state index contributed by atoms with van der Waals surface area (Å²) in [6.07, 6.45) is 0. The quantitative estimate of drug-likeness (QED) is 0.322. The van der Waals surface area contributed by atoms with Gasteiger partial charge < -0.3 is 14.5 Å². The van der Waals surface area contributed by atoms with E-state index in [1.54, 1.807) is 30.0 Å². The third-order valence-electron chi connectivity index (χ3n) is 6.51. The van der Waals surface area contributed by atoms with Gasteiger partial charge in [-0.15, -0.1) is 0 Å². The molecule has 1 aliphatic heterocycles. The number of carbonyl (C=O) groups is 2. The van der Waals surface area contributed by atoms with Crippen LogP contribution in [0.2, 0.25) is 0 Å². The SMILES string of the molecule is CCOC(=O)c1cc(-c2ccc(N3CCN(C(=O)c4ccc(F)c(F)c4)CC3)cc2)n(-c2cccc(F)c2)n1. The van der Waals surface area contributed by atoms with Crippen LogP contribution in [0.3, 0.4) is 0 Å². The highest BCUT2D eigenvalue weighted by Gasteiger charge is 2.24. The summed E-state index contributed by atoms with van der Waals surface area (Å²) >= 11 is 0. The molecule has 0 bridgehead atoms. The molecular weight excluding hydrogens is 509 g/mol. The third-order valence-corrected chi connectivity index (χ3v) is 6.51. The maximum atomic E-state index is 13.9. The maximum absolute atomic E-state index is 13.9. The molecular formula is C29H25F3N4O3. The smallest absolute Gasteiger partial charge is 0.358 e. The Balaban J connectivity index is 1.33. The van der Waals surface area contributed by atoms with Crippen molar-refractivity contribution in [2.75, 3.05) is 37.7 Å². The van der Waals surface area contributed by atoms with Crippen LogP contribution in [0.15, 0.2) is 72.8 Å². The Hall–Kier alpha value is -4.60. The van der Waals surface area contributed by atoms with Crippen LogP contribution in [0, 0.1) is 17.5 Å². The van der Waals surface area contributed by atoms with Crippen LogP contribution < -0.4 is 4.90 Å². The van der Waals surface area contributed by atoms with Gasteiger partial charge in [0.1, 0.15) is 5.82 Å². The highest BCUT2D eigenvalue weighted by Crippen LogP contribution is 2.28. The van der Waals surface area contributed by atoms with E-state index >= 15 is 0 Å². The highest BCUT2D eigenvalue weighted by molar-refractivity contribution is 5.94. The van der Waals surface area contributed by atoms with Crippen molar-refractivity contribution in [1.82, 2.24) is 14.7 Å². The van der Waals surface area contributed by atoms with E-state index in [0.29, 0.717) is 37.6 Å². The van der Waals surface area contributed by atoms with Crippen LogP contribution in [-0.4, -0.2) is 59.3 Å². The Morgan fingerprint density at radius 2 is 1.59 bits per heavy atom. The number of hydrogen-bond donors (Lipinski definition) is 0. The zero-order valence-electron chi connectivity index (χ0n) is 21.1. The Labute approximate surface area is 223 Å². The van der Waals surface area contributed by atoms with E-state index in [9.17, 15) is 22.8 Å². The zero-order chi connectivity index (χ0) is 27.5. The number of nitrogens with zero attached hydrogens (tertiary/aromatic N) is 4. The Morgan fingerprint density at radius 3 is 2.26 bits per heavy atom. The molecule has 0 radical (unpaired) electrons. The number of halogens is 3. The van der Waals surface area contributed by atoms with Gasteiger partial charge in [0.15, 0.2) is 17.3 Å². The largest absolute Gasteiger partial charge is 0.461 e. The van der Waals surface area contributed by atoms with Gasteiger partial charge in [-0.1, -0.05) is 18.2 Å². The number of aromatic nitrogens is 2. The molecule has 7 nitrogen and oxygen atoms in total. The summed E-state index contributed by atoms with van der Waals surface area (Å²) in [5.41, 5.74) is 2.98. The van der Waals surface area contributed by atoms with Gasteiger partial charge >= 0.3 is 5.97 Å². The predicted octanol–water partition coefficient (Wildman–Crippen LogP) is 5.10. The third kappa shape index (κ3) is 5.50. The highest BCUT2D eigenvalue weighted by atomic mass is 19.2. The molecule has 200 valence electrons. The fourth-order valence-corrected chi connectivity index (χ4v) is 4.52. The van der Waals surface area contributed by atoms with Crippen molar-refractivity contribution in [3.63, 3.8) is 0 Å². The summed E-state index contributed by atoms with van der Waals surface area (Å²) in [7, 11) is 0. The summed E-state index contributed by atoms with van der Waals surface area (Å²) in [6, 6.07) is 18.3. The number of anilines is 1. The minimum absolute atomic E-state index is 0.113. The number of carbonyl (C=O) groups excluding carboxylic acids is 2. The molecule has 10 heteroatoms. The molecule has 4 aromatic rings. The standard InChI is InChI=1S/C29H25F3N4O3/c1-2-39-29(38)26-18-27(36(33-26)23-5-3-4-21(30)17-23)19-6-9-22(10-7-19)34-12-14-35(15-13-34)28(37)20-8-11-24(31)25(32)16-20/h3-11,16-18H,2,12-15H2,1H3. The summed E-state index contributed by atoms with van der Waals surface area (Å²) in [6.45, 7) is 3.88. The van der Waals surface area contributed by atoms with Crippen LogP contribution in [-0.2, 0) is 4.74 Å². The fraction of sp³-hybridized carbons (Fsp3) is 0.207. The molecule has 1 fully saturated rings. The molecule has 3 aromatic carbocycles. The molecule has 5 rings (SSSR count). The van der Waals surface area contributed by atoms with Crippen molar-refractivity contribution in [1.29, 1.82) is 0 Å². The number of piperazine rings is 1. The number of benzene rings is 3. The van der Waals surface area contributed by atoms with Gasteiger partial charge in [-0.25, -0.2) is 22.6 Å². The van der Waals surface area contributed by atoms with Gasteiger partial charge in [-0.05, 0) is 61.5 Å². The number of hydrogen-bond acceptors (Lipinski definition) is 5. The normalized spacial score (nSPS) is 13.4. The minimum Gasteiger partial charge on any atom is -0.461 e. The first-order chi connectivity index (χ1) is 18.8. The lowest BCUT2D eigenvalue weighted by atomic mass is 10.1. The molecule has 2 heterocycles. The van der Waals surface area contributed by atoms with Crippen molar-refractivity contribution >= 4 is 17.6 Å². The second-order valence-corrected chi connectivity index (χ2v) is 8.98. The second kappa shape index (κ2) is 11.0. The number of esters is 1. The molecule has 0 saturated carbocycles. The number of amides is 1. The lowest BCUT2D eigenvalue weighted by Gasteiger charge is -2.36. The number of ether oxygens (including phenoxy) is 1. The van der Waals surface area contributed by atoms with E-state index in [2.05, 4.69) is 10.00 Å². The van der Waals surface area contributed by atoms with E-state index in [-0.39, 0.29) is 23.8 Å². The van der Waals surface area contributed by atoms with Crippen LogP contribution >= 0.6 is 0 Å². The van der Waals surface area contributed by atoms with Crippen LogP contribution in [0.1, 0.15) is 27.8 Å². The molecule has 0 N–H and O–H groups in total. The molecule has 0 atom stereocenters. The van der Waals surface area contributed by atoms with Crippen molar-refractivity contribution in [3.05, 3.63) is 102 Å². The Bertz CT molecular complexity index is 1510. The minimum atomic E-state index is -1.05. The molecule has 1 aromatic heterocycles. The molecule has 1 saturated heterocycles. The summed E-state index contributed by atoms with van der Waals surface area (Å²) < 4.78 is 47.3. The van der Waals surface area contributed by atoms with E-state index < -0.39 is 23.4 Å². The van der Waals surface area contributed by atoms with Gasteiger partial charge in [0.25, 0.3) is 5.91 Å². The van der Waals surface area contributed by atoms with E-state index in [4.69, 9.17) is 4.74 Å². The average molecular weight is 535 g/mol. The van der Waals surface area contributed by atoms with Crippen LogP contribution in [0.5, 0.6) is 0 Å². The van der Waals surface area contributed by atoms with Crippen molar-refractivity contribution < 1.29 is 27.5 Å². The maximum Gasteiger partial charge on any atom is 0.358 e. The van der Waals surface area contributed by atoms with E-state index in [1.807, 2.05) is 24.3 Å². The topological polar surface area (TPSA) is 67.7 Å². The van der Waals surface area contributed by atoms with Gasteiger partial charge in [-0.3, -0.25) is 4.79 Å². The first-order valence-corrected chi connectivity index (χ1v) is 12.5. The molecule has 39 heavy (non-hydrogen) atoms. The molecule has 1 aliphatic rings. The molecule has 0 unspecified atom stereocenters. The van der Waals surface area contributed by atoms with Crippen LogP contribution in [0.25, 0.3) is 16.9 Å². The number of rotatable bonds is 6. The summed E-state index contributed by atoms with van der Waals surface area (Å²) in [5, 5.41) is 4.37. The van der Waals surface area contributed by atoms with Gasteiger partial charge in [-0.2, -0.15) is 5.10 Å². The van der Waals surface area contributed by atoms with Gasteiger partial charge in [0.2, 0.25) is 0 Å². The van der Waals surface area contributed by atoms with E-state index in [0.717, 1.165) is 23.4 Å². The first kappa shape index (κ1) is 26.0. The fourth-order valence-electron chi connectivity index (χ4n) is 4.52. The lowest BCUT2D eigenvalue weighted by molar-refractivity contribution is 0.0518. The molecule has 1 amide bonds. The average Bonchev–Trinajstić information content (AvgIpc) is 3.40. The van der Waals surface area contributed by atoms with E-state index in [1.165, 1.54) is 22.9 Å². The summed E-state index contributed by atoms with van der Waals surface area (Å²) in [5.74, 6) is -3.37. The van der Waals surface area contributed by atoms with Crippen molar-refractivity contribution in [2.24, 2.45) is 0 Å². The summed E-state index contributed by atoms with van der Waals surface area (Å²) in [4.78, 5) is 28.8. The Kier molecular flexibility index (Phi) is 7.36.